The molecule has 2 aliphatic rings. The van der Waals surface area contributed by atoms with Crippen molar-refractivity contribution < 1.29 is 19.4 Å². The SMILES string of the molecule is COc1cc2c(cc1-c1ccc(N3CCN(C(C)=O)CC3)nc1)CC(C(C)(C)C)n1cc(C(=O)O)c(=O)cc1-2. The minimum absolute atomic E-state index is 0.0471. The lowest BCUT2D eigenvalue weighted by atomic mass is 9.78. The summed E-state index contributed by atoms with van der Waals surface area (Å²) in [5.74, 6) is 0.391. The van der Waals surface area contributed by atoms with Crippen LogP contribution in [0.4, 0.5) is 5.82 Å². The van der Waals surface area contributed by atoms with Crippen molar-refractivity contribution in [2.45, 2.75) is 40.2 Å². The number of rotatable bonds is 4. The molecule has 0 radical (unpaired) electrons. The molecular weight excluding hydrogens is 496 g/mol. The highest BCUT2D eigenvalue weighted by Crippen LogP contribution is 2.45. The van der Waals surface area contributed by atoms with Gasteiger partial charge in [0.25, 0.3) is 0 Å². The van der Waals surface area contributed by atoms with E-state index < -0.39 is 11.4 Å². The Morgan fingerprint density at radius 1 is 1.05 bits per heavy atom. The van der Waals surface area contributed by atoms with Crippen molar-refractivity contribution in [3.05, 3.63) is 64.1 Å². The van der Waals surface area contributed by atoms with Gasteiger partial charge in [0.1, 0.15) is 17.1 Å². The van der Waals surface area contributed by atoms with Crippen molar-refractivity contribution in [1.82, 2.24) is 14.5 Å². The van der Waals surface area contributed by atoms with Gasteiger partial charge in [-0.3, -0.25) is 9.59 Å². The van der Waals surface area contributed by atoms with Gasteiger partial charge < -0.3 is 24.2 Å². The molecule has 1 saturated heterocycles. The number of aromatic carboxylic acids is 1. The maximum absolute atomic E-state index is 12.7. The van der Waals surface area contributed by atoms with Crippen LogP contribution in [0, 0.1) is 5.41 Å². The van der Waals surface area contributed by atoms with Gasteiger partial charge in [0, 0.05) is 74.3 Å². The zero-order chi connectivity index (χ0) is 28.1. The maximum Gasteiger partial charge on any atom is 0.341 e. The van der Waals surface area contributed by atoms with Gasteiger partial charge in [0.05, 0.1) is 12.8 Å². The van der Waals surface area contributed by atoms with Crippen LogP contribution < -0.4 is 15.1 Å². The van der Waals surface area contributed by atoms with E-state index in [1.165, 1.54) is 12.3 Å². The minimum Gasteiger partial charge on any atom is -0.496 e. The number of carbonyl (C=O) groups excluding carboxylic acids is 1. The van der Waals surface area contributed by atoms with Gasteiger partial charge in [-0.15, -0.1) is 0 Å². The third-order valence-electron chi connectivity index (χ3n) is 7.87. The first kappa shape index (κ1) is 26.5. The molecule has 1 unspecified atom stereocenters. The minimum atomic E-state index is -1.22. The lowest BCUT2D eigenvalue weighted by molar-refractivity contribution is -0.129. The van der Waals surface area contributed by atoms with Crippen LogP contribution >= 0.6 is 0 Å². The third-order valence-corrected chi connectivity index (χ3v) is 7.87. The Hall–Kier alpha value is -4.14. The van der Waals surface area contributed by atoms with Gasteiger partial charge in [-0.25, -0.2) is 9.78 Å². The molecule has 3 aromatic rings. The fraction of sp³-hybridized carbons (Fsp3) is 0.400. The lowest BCUT2D eigenvalue weighted by Crippen LogP contribution is -2.48. The molecular formula is C30H34N4O5. The highest BCUT2D eigenvalue weighted by atomic mass is 16.5. The van der Waals surface area contributed by atoms with Crippen LogP contribution in [0.3, 0.4) is 0 Å². The molecule has 2 aliphatic heterocycles. The number of hydrogen-bond acceptors (Lipinski definition) is 6. The van der Waals surface area contributed by atoms with Crippen molar-refractivity contribution >= 4 is 17.7 Å². The first-order chi connectivity index (χ1) is 18.5. The molecule has 1 atom stereocenters. The van der Waals surface area contributed by atoms with Crippen molar-refractivity contribution in [1.29, 1.82) is 0 Å². The molecule has 1 amide bonds. The number of ether oxygens (including phenoxy) is 1. The van der Waals surface area contributed by atoms with Crippen molar-refractivity contribution in [3.63, 3.8) is 0 Å². The molecule has 1 N–H and O–H groups in total. The summed E-state index contributed by atoms with van der Waals surface area (Å²) < 4.78 is 7.73. The zero-order valence-corrected chi connectivity index (χ0v) is 23.0. The summed E-state index contributed by atoms with van der Waals surface area (Å²) in [6.07, 6.45) is 4.01. The van der Waals surface area contributed by atoms with Crippen LogP contribution in [0.25, 0.3) is 22.4 Å². The van der Waals surface area contributed by atoms with Crippen LogP contribution in [-0.2, 0) is 11.2 Å². The van der Waals surface area contributed by atoms with E-state index in [1.54, 1.807) is 14.0 Å². The Labute approximate surface area is 227 Å². The number of amides is 1. The summed E-state index contributed by atoms with van der Waals surface area (Å²) in [5.41, 5.74) is 3.51. The number of aromatic nitrogens is 2. The number of carbonyl (C=O) groups is 2. The molecule has 2 aromatic heterocycles. The molecule has 9 heteroatoms. The first-order valence-electron chi connectivity index (χ1n) is 13.2. The number of carboxylic acids is 1. The molecule has 0 saturated carbocycles. The highest BCUT2D eigenvalue weighted by Gasteiger charge is 2.34. The van der Waals surface area contributed by atoms with Gasteiger partial charge in [0.2, 0.25) is 5.91 Å². The topological polar surface area (TPSA) is 105 Å². The lowest BCUT2D eigenvalue weighted by Gasteiger charge is -2.39. The molecule has 9 nitrogen and oxygen atoms in total. The number of nitrogens with zero attached hydrogens (tertiary/aromatic N) is 4. The molecule has 0 bridgehead atoms. The van der Waals surface area contributed by atoms with E-state index in [-0.39, 0.29) is 22.9 Å². The predicted octanol–water partition coefficient (Wildman–Crippen LogP) is 4.10. The van der Waals surface area contributed by atoms with E-state index in [2.05, 4.69) is 31.7 Å². The summed E-state index contributed by atoms with van der Waals surface area (Å²) in [6.45, 7) is 10.8. The number of piperazine rings is 1. The number of benzene rings is 1. The Morgan fingerprint density at radius 2 is 1.77 bits per heavy atom. The second-order valence-electron chi connectivity index (χ2n) is 11.3. The summed E-state index contributed by atoms with van der Waals surface area (Å²) in [6, 6.07) is 9.46. The Morgan fingerprint density at radius 3 is 2.33 bits per heavy atom. The fourth-order valence-electron chi connectivity index (χ4n) is 5.62. The maximum atomic E-state index is 12.7. The highest BCUT2D eigenvalue weighted by molar-refractivity contribution is 5.88. The number of fused-ring (bicyclic) bond motifs is 3. The van der Waals surface area contributed by atoms with E-state index >= 15 is 0 Å². The van der Waals surface area contributed by atoms with Gasteiger partial charge in [-0.2, -0.15) is 0 Å². The van der Waals surface area contributed by atoms with E-state index in [0.29, 0.717) is 31.0 Å². The van der Waals surface area contributed by atoms with E-state index in [4.69, 9.17) is 9.72 Å². The molecule has 4 heterocycles. The molecule has 0 aliphatic carbocycles. The second kappa shape index (κ2) is 9.87. The molecule has 204 valence electrons. The number of methoxy groups -OCH3 is 1. The van der Waals surface area contributed by atoms with Crippen LogP contribution in [0.2, 0.25) is 0 Å². The van der Waals surface area contributed by atoms with Crippen LogP contribution in [0.15, 0.2) is 47.5 Å². The van der Waals surface area contributed by atoms with Crippen LogP contribution in [0.5, 0.6) is 5.75 Å². The van der Waals surface area contributed by atoms with E-state index in [9.17, 15) is 19.5 Å². The normalized spacial score (nSPS) is 16.9. The number of hydrogen-bond donors (Lipinski definition) is 1. The molecule has 0 spiro atoms. The number of anilines is 1. The van der Waals surface area contributed by atoms with E-state index in [1.807, 2.05) is 33.9 Å². The average molecular weight is 531 g/mol. The van der Waals surface area contributed by atoms with E-state index in [0.717, 1.165) is 41.2 Å². The summed E-state index contributed by atoms with van der Waals surface area (Å²) in [4.78, 5) is 44.8. The number of pyridine rings is 2. The van der Waals surface area contributed by atoms with Gasteiger partial charge in [-0.05, 0) is 41.7 Å². The number of carboxylic acid groups (broad SMARTS) is 1. The van der Waals surface area contributed by atoms with Crippen LogP contribution in [-0.4, -0.2) is 64.7 Å². The van der Waals surface area contributed by atoms with Crippen molar-refractivity contribution in [2.75, 3.05) is 38.2 Å². The van der Waals surface area contributed by atoms with Crippen LogP contribution in [0.1, 0.15) is 49.7 Å². The Bertz CT molecular complexity index is 1500. The quantitative estimate of drug-likeness (QED) is 0.542. The average Bonchev–Trinajstić information content (AvgIpc) is 2.91. The standard InChI is InChI=1S/C30H34N4O5/c1-18(35)32-8-10-33(11-9-32)28-7-6-19(16-31-28)22-12-20-13-27(30(2,3)4)34-17-23(29(37)38)25(36)15-24(34)21(20)14-26(22)39-5/h6-7,12,14-17,27H,8-11,13H2,1-5H3,(H,37,38). The molecule has 1 aromatic carbocycles. The first-order valence-corrected chi connectivity index (χ1v) is 13.2. The van der Waals surface area contributed by atoms with Gasteiger partial charge >= 0.3 is 5.97 Å². The molecule has 1 fully saturated rings. The Kier molecular flexibility index (Phi) is 6.70. The second-order valence-corrected chi connectivity index (χ2v) is 11.3. The fourth-order valence-corrected chi connectivity index (χ4v) is 5.62. The third kappa shape index (κ3) is 4.89. The van der Waals surface area contributed by atoms with Crippen molar-refractivity contribution in [2.24, 2.45) is 5.41 Å². The van der Waals surface area contributed by atoms with Gasteiger partial charge in [-0.1, -0.05) is 20.8 Å². The summed E-state index contributed by atoms with van der Waals surface area (Å²) >= 11 is 0. The molecule has 5 rings (SSSR count). The summed E-state index contributed by atoms with van der Waals surface area (Å²) in [7, 11) is 1.61. The molecule has 39 heavy (non-hydrogen) atoms. The monoisotopic (exact) mass is 530 g/mol. The largest absolute Gasteiger partial charge is 0.496 e. The summed E-state index contributed by atoms with van der Waals surface area (Å²) in [5, 5.41) is 9.57. The zero-order valence-electron chi connectivity index (χ0n) is 23.0. The van der Waals surface area contributed by atoms with Crippen molar-refractivity contribution in [3.8, 4) is 28.1 Å². The predicted molar refractivity (Wildman–Crippen MR) is 150 cm³/mol. The smallest absolute Gasteiger partial charge is 0.341 e. The Balaban J connectivity index is 1.54. The van der Waals surface area contributed by atoms with Gasteiger partial charge in [0.15, 0.2) is 5.43 Å².